The van der Waals surface area contributed by atoms with E-state index in [1.54, 1.807) is 83.9 Å². The summed E-state index contributed by atoms with van der Waals surface area (Å²) in [6.45, 7) is 32.4. The molecule has 0 bridgehead atoms. The Morgan fingerprint density at radius 3 is 1.08 bits per heavy atom. The number of methoxy groups -OCH3 is 2. The molecule has 738 valence electrons. The van der Waals surface area contributed by atoms with Crippen molar-refractivity contribution >= 4 is 69.4 Å². The highest BCUT2D eigenvalue weighted by atomic mass is 35.5. The Morgan fingerprint density at radius 1 is 0.359 bits per heavy atom. The summed E-state index contributed by atoms with van der Waals surface area (Å²) in [7, 11) is 3.17. The number of hydrogen-bond donors (Lipinski definition) is 4. The minimum absolute atomic E-state index is 0.191. The van der Waals surface area contributed by atoms with Crippen LogP contribution in [0.1, 0.15) is 214 Å². The number of halogens is 5. The number of amides is 4. The van der Waals surface area contributed by atoms with Gasteiger partial charge in [0.25, 0.3) is 23.6 Å². The monoisotopic (exact) mass is 1970 g/mol. The molecule has 8 aromatic heterocycles. The quantitative estimate of drug-likeness (QED) is 0.0354. The molecule has 1 aliphatic rings. The summed E-state index contributed by atoms with van der Waals surface area (Å²) >= 11 is 12.3. The third-order valence-electron chi connectivity index (χ3n) is 22.5. The van der Waals surface area contributed by atoms with E-state index in [1.807, 2.05) is 220 Å². The van der Waals surface area contributed by atoms with Crippen molar-refractivity contribution in [2.24, 2.45) is 0 Å². The molecule has 0 saturated heterocycles. The second-order valence-electron chi connectivity index (χ2n) is 37.9. The zero-order valence-corrected chi connectivity index (χ0v) is 84.2. The van der Waals surface area contributed by atoms with Crippen LogP contribution in [0.4, 0.5) is 13.2 Å². The van der Waals surface area contributed by atoms with Gasteiger partial charge in [-0.15, -0.1) is 0 Å². The van der Waals surface area contributed by atoms with E-state index >= 15 is 0 Å². The third-order valence-corrected chi connectivity index (χ3v) is 23.1. The van der Waals surface area contributed by atoms with Crippen molar-refractivity contribution in [1.29, 1.82) is 0 Å². The van der Waals surface area contributed by atoms with Gasteiger partial charge in [-0.05, 0) is 229 Å². The van der Waals surface area contributed by atoms with Gasteiger partial charge in [0.2, 0.25) is 30.3 Å². The first-order chi connectivity index (χ1) is 67.6. The number of aryl methyl sites for hydroxylation is 4. The third kappa shape index (κ3) is 25.7. The lowest BCUT2D eigenvalue weighted by atomic mass is 10.0. The Morgan fingerprint density at radius 2 is 0.697 bits per heavy atom. The van der Waals surface area contributed by atoms with Crippen LogP contribution in [0.3, 0.4) is 0 Å². The average molecular weight is 1970 g/mol. The summed E-state index contributed by atoms with van der Waals surface area (Å²) in [4.78, 5) is 71.0. The predicted octanol–water partition coefficient (Wildman–Crippen LogP) is 20.5. The molecule has 0 aliphatic carbocycles. The van der Waals surface area contributed by atoms with Crippen molar-refractivity contribution in [3.8, 4) is 46.5 Å². The maximum Gasteiger partial charge on any atom is 0.257 e. The molecule has 142 heavy (non-hydrogen) atoms. The molecule has 28 nitrogen and oxygen atoms in total. The second-order valence-corrected chi connectivity index (χ2v) is 38.7. The van der Waals surface area contributed by atoms with Gasteiger partial charge in [-0.3, -0.25) is 19.2 Å². The number of fused-ring (bicyclic) bond motifs is 5. The number of nitrogens with zero attached hydrogens (tertiary/aromatic N) is 12. The SMILES string of the molecule is COc1ccc(CCNC(=O)c2cnn3c(OC(C)(C)C)c(Cc4ccccc4F)c(C)nc23)cc1OC.Cc1nc2c(C(=O)NCCc3ccccc3)cnn2c(OC(C)(C)C)c1Cc1ccccc1F.Cc1nc2c(C(=O)NCc3ccc4c(c3)OCO4)cnn2c(OC(C)(C)C)c1Cc1ccccc1F.Cc1nc2c(C(=O)NCc3ccccc3Cl)cnn2c(OC(C)(C)C)c1Cc1ccc(Cl)cc1. The van der Waals surface area contributed by atoms with Crippen LogP contribution in [0.5, 0.6) is 46.5 Å². The van der Waals surface area contributed by atoms with Gasteiger partial charge in [-0.2, -0.15) is 38.5 Å². The summed E-state index contributed by atoms with van der Waals surface area (Å²) in [5.74, 6) is 2.48. The fourth-order valence-electron chi connectivity index (χ4n) is 15.5. The predicted molar refractivity (Wildman–Crippen MR) is 539 cm³/mol. The molecule has 4 amide bonds. The van der Waals surface area contributed by atoms with Crippen LogP contribution in [0.15, 0.2) is 213 Å². The minimum atomic E-state index is -0.557. The number of aromatic nitrogens is 12. The number of hydrogen-bond acceptors (Lipinski definition) is 20. The minimum Gasteiger partial charge on any atom is -0.493 e. The molecule has 9 heterocycles. The molecule has 0 fully saturated rings. The van der Waals surface area contributed by atoms with Crippen molar-refractivity contribution in [2.45, 2.75) is 185 Å². The van der Waals surface area contributed by atoms with E-state index in [4.69, 9.17) is 66.1 Å². The van der Waals surface area contributed by atoms with E-state index in [9.17, 15) is 32.3 Å². The van der Waals surface area contributed by atoms with Crippen LogP contribution in [0, 0.1) is 45.1 Å². The smallest absolute Gasteiger partial charge is 0.257 e. The Hall–Kier alpha value is -15.1. The largest absolute Gasteiger partial charge is 0.493 e. The lowest BCUT2D eigenvalue weighted by Gasteiger charge is -2.24. The van der Waals surface area contributed by atoms with Crippen LogP contribution in [0.25, 0.3) is 22.6 Å². The van der Waals surface area contributed by atoms with Crippen molar-refractivity contribution in [1.82, 2.24) is 79.7 Å². The molecule has 0 radical (unpaired) electrons. The van der Waals surface area contributed by atoms with E-state index in [0.29, 0.717) is 192 Å². The first-order valence-corrected chi connectivity index (χ1v) is 47.1. The average Bonchev–Trinajstić information content (AvgIpc) is 1.62. The van der Waals surface area contributed by atoms with Gasteiger partial charge in [0, 0.05) is 107 Å². The zero-order chi connectivity index (χ0) is 102. The summed E-state index contributed by atoms with van der Waals surface area (Å²) in [6, 6.07) is 56.1. The maximum atomic E-state index is 14.5. The van der Waals surface area contributed by atoms with Crippen LogP contribution in [0.2, 0.25) is 10.0 Å². The Balaban J connectivity index is 0.000000151. The van der Waals surface area contributed by atoms with E-state index in [0.717, 1.165) is 51.1 Å². The van der Waals surface area contributed by atoms with Gasteiger partial charge < -0.3 is 59.2 Å². The summed E-state index contributed by atoms with van der Waals surface area (Å²) in [5, 5.41) is 30.8. The Bertz CT molecular complexity index is 7290. The molecule has 1 aliphatic heterocycles. The summed E-state index contributed by atoms with van der Waals surface area (Å²) in [5.41, 5.74) is 13.1. The van der Waals surface area contributed by atoms with Crippen molar-refractivity contribution in [3.05, 3.63) is 352 Å². The Kier molecular flexibility index (Phi) is 32.3. The fourth-order valence-corrected chi connectivity index (χ4v) is 15.8. The molecule has 0 spiro atoms. The fraction of sp³-hybridized carbons (Fsp3) is 0.303. The van der Waals surface area contributed by atoms with Gasteiger partial charge in [0.15, 0.2) is 45.6 Å². The van der Waals surface area contributed by atoms with Gasteiger partial charge in [-0.25, -0.2) is 33.1 Å². The maximum absolute atomic E-state index is 14.5. The topological polar surface area (TPSA) is 311 Å². The van der Waals surface area contributed by atoms with Crippen molar-refractivity contribution in [2.75, 3.05) is 34.1 Å². The number of ether oxygens (including phenoxy) is 8. The molecule has 4 N–H and O–H groups in total. The molecule has 17 rings (SSSR count). The molecule has 0 unspecified atom stereocenters. The normalized spacial score (nSPS) is 11.8. The Labute approximate surface area is 832 Å². The standard InChI is InChI=1S/C29H33FN4O4.C27H27FN4O4.C27H29FN4O2.C26H26Cl2N4O2/c1-18-21(16-20-9-7-8-10-23(20)30)28(38-29(2,3)4)34-26(33-18)22(17-32-34)27(35)31-14-13-19-11-12-24(36-5)25(15-19)37-6;1-16-19(12-18-7-5-6-8-21(18)28)26(36-27(2,3)4)32-24(31-16)20(14-30-32)25(33)29-13-17-9-10-22-23(11-17)35-15-34-22;1-18-21(16-20-12-8-9-13-23(20)28)26(34-27(2,3)4)32-24(31-18)22(17-30-32)25(33)29-15-14-19-10-6-5-7-11-19;1-16-20(13-17-9-11-19(27)12-10-17)25(34-26(2,3)4)32-23(31-16)21(15-30-32)24(33)29-14-18-7-5-6-8-22(18)28/h7-12,15,17H,13-14,16H2,1-6H3,(H,31,35);5-11,14H,12-13,15H2,1-4H3,(H,29,33);5-13,17H,14-16H2,1-4H3,(H,29,33);5-12,15H,13-14H2,1-4H3,(H,29,33). The number of nitrogens with one attached hydrogen (secondary N) is 4. The molecular formula is C109H115Cl2F3N16O12. The molecule has 0 saturated carbocycles. The van der Waals surface area contributed by atoms with Gasteiger partial charge >= 0.3 is 0 Å². The summed E-state index contributed by atoms with van der Waals surface area (Å²) in [6.07, 6.45) is 8.74. The molecule has 8 aromatic carbocycles. The molecule has 33 heteroatoms. The number of benzene rings is 8. The highest BCUT2D eigenvalue weighted by Crippen LogP contribution is 2.38. The zero-order valence-electron chi connectivity index (χ0n) is 82.6. The first kappa shape index (κ1) is 103. The van der Waals surface area contributed by atoms with Gasteiger partial charge in [0.1, 0.15) is 62.1 Å². The van der Waals surface area contributed by atoms with E-state index in [-0.39, 0.29) is 60.7 Å². The summed E-state index contributed by atoms with van der Waals surface area (Å²) < 4.78 is 96.1. The highest BCUT2D eigenvalue weighted by molar-refractivity contribution is 6.31. The van der Waals surface area contributed by atoms with Crippen LogP contribution >= 0.6 is 23.2 Å². The van der Waals surface area contributed by atoms with Crippen LogP contribution < -0.4 is 59.2 Å². The molecule has 16 aromatic rings. The van der Waals surface area contributed by atoms with Gasteiger partial charge in [-0.1, -0.05) is 151 Å². The van der Waals surface area contributed by atoms with Crippen LogP contribution in [-0.2, 0) is 51.6 Å². The van der Waals surface area contributed by atoms with E-state index in [2.05, 4.69) is 56.6 Å². The molecular weight excluding hydrogens is 1850 g/mol. The number of carbonyl (C=O) groups is 4. The second kappa shape index (κ2) is 44.6. The lowest BCUT2D eigenvalue weighted by molar-refractivity contribution is 0.0944. The molecule has 0 atom stereocenters. The van der Waals surface area contributed by atoms with Gasteiger partial charge in [0.05, 0.1) is 39.0 Å². The van der Waals surface area contributed by atoms with E-state index in [1.165, 1.54) is 52.0 Å². The number of rotatable bonds is 28. The van der Waals surface area contributed by atoms with Crippen molar-refractivity contribution < 1.29 is 70.2 Å². The number of carbonyl (C=O) groups excluding carboxylic acids is 4. The lowest BCUT2D eigenvalue weighted by Crippen LogP contribution is -2.27. The van der Waals surface area contributed by atoms with Crippen molar-refractivity contribution in [3.63, 3.8) is 0 Å². The van der Waals surface area contributed by atoms with Crippen LogP contribution in [-0.4, -0.2) is 139 Å². The highest BCUT2D eigenvalue weighted by Gasteiger charge is 2.32. The van der Waals surface area contributed by atoms with E-state index < -0.39 is 22.4 Å². The first-order valence-electron chi connectivity index (χ1n) is 46.3.